The van der Waals surface area contributed by atoms with E-state index in [4.69, 9.17) is 0 Å². The standard InChI is InChI=1S/C22H23F3N2/c1-15-13-21-19(14-26(15)2)18-5-3-4-6-20(18)27(21)12-11-16-7-9-17(10-8-16)22(23,24)25/h3-10,15H,11-14H2,1-2H3. The number of hydrogen-bond donors (Lipinski definition) is 0. The molecular formula is C22H23F3N2. The molecule has 1 aliphatic heterocycles. The number of para-hydroxylation sites is 1. The van der Waals surface area contributed by atoms with Gasteiger partial charge in [0, 0.05) is 42.1 Å². The summed E-state index contributed by atoms with van der Waals surface area (Å²) in [5.41, 5.74) is 4.31. The predicted octanol–water partition coefficient (Wildman–Crippen LogP) is 5.28. The molecule has 0 amide bonds. The lowest BCUT2D eigenvalue weighted by Crippen LogP contribution is -2.35. The van der Waals surface area contributed by atoms with Gasteiger partial charge in [0.15, 0.2) is 0 Å². The highest BCUT2D eigenvalue weighted by Gasteiger charge is 2.30. The number of aryl methyl sites for hydroxylation is 2. The number of alkyl halides is 3. The Morgan fingerprint density at radius 3 is 2.44 bits per heavy atom. The molecule has 27 heavy (non-hydrogen) atoms. The maximum absolute atomic E-state index is 12.8. The maximum Gasteiger partial charge on any atom is 0.416 e. The summed E-state index contributed by atoms with van der Waals surface area (Å²) in [6.07, 6.45) is -2.57. The number of aromatic nitrogens is 1. The Morgan fingerprint density at radius 2 is 1.74 bits per heavy atom. The van der Waals surface area contributed by atoms with Crippen molar-refractivity contribution in [3.05, 3.63) is 70.9 Å². The highest BCUT2D eigenvalue weighted by atomic mass is 19.4. The highest BCUT2D eigenvalue weighted by Crippen LogP contribution is 2.33. The van der Waals surface area contributed by atoms with Crippen molar-refractivity contribution in [2.24, 2.45) is 0 Å². The molecule has 0 saturated heterocycles. The molecule has 0 saturated carbocycles. The zero-order valence-electron chi connectivity index (χ0n) is 15.6. The van der Waals surface area contributed by atoms with E-state index in [0.29, 0.717) is 12.5 Å². The molecule has 1 aliphatic rings. The summed E-state index contributed by atoms with van der Waals surface area (Å²) in [6.45, 7) is 3.95. The smallest absolute Gasteiger partial charge is 0.344 e. The number of benzene rings is 2. The number of hydrogen-bond acceptors (Lipinski definition) is 1. The third kappa shape index (κ3) is 3.36. The van der Waals surface area contributed by atoms with Crippen molar-refractivity contribution in [1.29, 1.82) is 0 Å². The van der Waals surface area contributed by atoms with Crippen molar-refractivity contribution in [2.75, 3.05) is 7.05 Å². The molecule has 1 aromatic heterocycles. The molecule has 0 radical (unpaired) electrons. The third-order valence-electron chi connectivity index (χ3n) is 5.75. The predicted molar refractivity (Wildman–Crippen MR) is 102 cm³/mol. The largest absolute Gasteiger partial charge is 0.416 e. The van der Waals surface area contributed by atoms with Crippen LogP contribution in [0.3, 0.4) is 0 Å². The fourth-order valence-corrected chi connectivity index (χ4v) is 4.04. The van der Waals surface area contributed by atoms with Crippen molar-refractivity contribution in [3.8, 4) is 0 Å². The van der Waals surface area contributed by atoms with E-state index in [1.807, 2.05) is 0 Å². The first-order valence-corrected chi connectivity index (χ1v) is 9.30. The zero-order chi connectivity index (χ0) is 19.2. The third-order valence-corrected chi connectivity index (χ3v) is 5.75. The van der Waals surface area contributed by atoms with E-state index in [1.54, 1.807) is 12.1 Å². The number of rotatable bonds is 3. The zero-order valence-corrected chi connectivity index (χ0v) is 15.6. The quantitative estimate of drug-likeness (QED) is 0.607. The monoisotopic (exact) mass is 372 g/mol. The molecule has 0 N–H and O–H groups in total. The molecule has 2 aromatic carbocycles. The van der Waals surface area contributed by atoms with Crippen LogP contribution in [0.1, 0.15) is 29.3 Å². The Labute approximate surface area is 157 Å². The summed E-state index contributed by atoms with van der Waals surface area (Å²) >= 11 is 0. The summed E-state index contributed by atoms with van der Waals surface area (Å²) in [5, 5.41) is 1.29. The van der Waals surface area contributed by atoms with Crippen LogP contribution in [0.4, 0.5) is 13.2 Å². The van der Waals surface area contributed by atoms with E-state index in [2.05, 4.69) is 47.7 Å². The van der Waals surface area contributed by atoms with Crippen molar-refractivity contribution >= 4 is 10.9 Å². The molecule has 0 spiro atoms. The first-order valence-electron chi connectivity index (χ1n) is 9.30. The van der Waals surface area contributed by atoms with E-state index in [9.17, 15) is 13.2 Å². The van der Waals surface area contributed by atoms with Gasteiger partial charge in [0.1, 0.15) is 0 Å². The molecule has 0 bridgehead atoms. The van der Waals surface area contributed by atoms with Gasteiger partial charge in [-0.25, -0.2) is 0 Å². The fraction of sp³-hybridized carbons (Fsp3) is 0.364. The minimum absolute atomic E-state index is 0.478. The van der Waals surface area contributed by atoms with Gasteiger partial charge < -0.3 is 4.57 Å². The van der Waals surface area contributed by atoms with E-state index in [-0.39, 0.29) is 0 Å². The van der Waals surface area contributed by atoms with E-state index < -0.39 is 11.7 Å². The van der Waals surface area contributed by atoms with Gasteiger partial charge in [0.25, 0.3) is 0 Å². The van der Waals surface area contributed by atoms with Crippen LogP contribution in [0.25, 0.3) is 10.9 Å². The molecule has 5 heteroatoms. The average molecular weight is 372 g/mol. The SMILES string of the molecule is CC1Cc2c(c3ccccc3n2CCc2ccc(C(F)(F)F)cc2)CN1C. The Bertz CT molecular complexity index is 954. The van der Waals surface area contributed by atoms with Crippen LogP contribution in [0.2, 0.25) is 0 Å². The number of fused-ring (bicyclic) bond motifs is 3. The van der Waals surface area contributed by atoms with Gasteiger partial charge in [0.05, 0.1) is 5.56 Å². The number of halogens is 3. The summed E-state index contributed by atoms with van der Waals surface area (Å²) in [6, 6.07) is 14.5. The first kappa shape index (κ1) is 18.1. The topological polar surface area (TPSA) is 8.17 Å². The summed E-state index contributed by atoms with van der Waals surface area (Å²) in [5.74, 6) is 0. The van der Waals surface area contributed by atoms with Crippen LogP contribution in [0.15, 0.2) is 48.5 Å². The lowest BCUT2D eigenvalue weighted by molar-refractivity contribution is -0.137. The summed E-state index contributed by atoms with van der Waals surface area (Å²) in [7, 11) is 2.15. The van der Waals surface area contributed by atoms with Crippen LogP contribution in [0, 0.1) is 0 Å². The lowest BCUT2D eigenvalue weighted by atomic mass is 10.00. The van der Waals surface area contributed by atoms with Gasteiger partial charge in [-0.05, 0) is 49.7 Å². The van der Waals surface area contributed by atoms with Crippen LogP contribution in [-0.4, -0.2) is 22.6 Å². The van der Waals surface area contributed by atoms with Crippen LogP contribution in [0.5, 0.6) is 0 Å². The molecule has 2 nitrogen and oxygen atoms in total. The van der Waals surface area contributed by atoms with Crippen molar-refractivity contribution in [1.82, 2.24) is 9.47 Å². The number of nitrogens with zero attached hydrogens (tertiary/aromatic N) is 2. The van der Waals surface area contributed by atoms with Gasteiger partial charge in [-0.2, -0.15) is 13.2 Å². The Hall–Kier alpha value is -2.27. The molecule has 0 fully saturated rings. The molecule has 4 rings (SSSR count). The molecular weight excluding hydrogens is 349 g/mol. The first-order chi connectivity index (χ1) is 12.8. The molecule has 142 valence electrons. The van der Waals surface area contributed by atoms with Crippen LogP contribution in [-0.2, 0) is 32.1 Å². The molecule has 2 heterocycles. The second-order valence-corrected chi connectivity index (χ2v) is 7.51. The van der Waals surface area contributed by atoms with E-state index in [1.165, 1.54) is 34.3 Å². The van der Waals surface area contributed by atoms with E-state index >= 15 is 0 Å². The molecule has 1 atom stereocenters. The molecule has 1 unspecified atom stereocenters. The minimum atomic E-state index is -4.28. The van der Waals surface area contributed by atoms with Gasteiger partial charge in [-0.1, -0.05) is 30.3 Å². The van der Waals surface area contributed by atoms with Gasteiger partial charge in [0.2, 0.25) is 0 Å². The maximum atomic E-state index is 12.8. The average Bonchev–Trinajstić information content (AvgIpc) is 2.93. The highest BCUT2D eigenvalue weighted by molar-refractivity contribution is 5.85. The van der Waals surface area contributed by atoms with Gasteiger partial charge >= 0.3 is 6.18 Å². The van der Waals surface area contributed by atoms with Crippen LogP contribution < -0.4 is 0 Å². The van der Waals surface area contributed by atoms with Crippen LogP contribution >= 0.6 is 0 Å². The normalized spacial score (nSPS) is 18.0. The molecule has 3 aromatic rings. The van der Waals surface area contributed by atoms with Crippen molar-refractivity contribution in [2.45, 2.75) is 45.1 Å². The van der Waals surface area contributed by atoms with Gasteiger partial charge in [-0.3, -0.25) is 4.90 Å². The second kappa shape index (κ2) is 6.71. The Balaban J connectivity index is 1.64. The Kier molecular flexibility index (Phi) is 4.50. The minimum Gasteiger partial charge on any atom is -0.344 e. The lowest BCUT2D eigenvalue weighted by Gasteiger charge is -2.31. The summed E-state index contributed by atoms with van der Waals surface area (Å²) in [4.78, 5) is 2.37. The van der Waals surface area contributed by atoms with Gasteiger partial charge in [-0.15, -0.1) is 0 Å². The fourth-order valence-electron chi connectivity index (χ4n) is 4.04. The van der Waals surface area contributed by atoms with E-state index in [0.717, 1.165) is 25.1 Å². The number of likely N-dealkylation sites (N-methyl/N-ethyl adjacent to an activating group) is 1. The molecule has 0 aliphatic carbocycles. The Morgan fingerprint density at radius 1 is 1.04 bits per heavy atom. The van der Waals surface area contributed by atoms with Crippen molar-refractivity contribution in [3.63, 3.8) is 0 Å². The summed E-state index contributed by atoms with van der Waals surface area (Å²) < 4.78 is 40.6. The second-order valence-electron chi connectivity index (χ2n) is 7.51. The van der Waals surface area contributed by atoms with Crippen molar-refractivity contribution < 1.29 is 13.2 Å².